The molecule has 0 aliphatic rings. The predicted octanol–water partition coefficient (Wildman–Crippen LogP) is 2.02. The Labute approximate surface area is 112 Å². The Hall–Kier alpha value is -0.610. The normalized spacial score (nSPS) is 13.4. The summed E-state index contributed by atoms with van der Waals surface area (Å²) >= 11 is 0. The SMILES string of the molecule is CCOC(=O)C(N)CN(CC(C)C)C(CC)CC. The molecule has 0 saturated carbocycles. The van der Waals surface area contributed by atoms with Crippen LogP contribution < -0.4 is 5.73 Å². The molecule has 0 aromatic heterocycles. The van der Waals surface area contributed by atoms with Crippen molar-refractivity contribution in [3.05, 3.63) is 0 Å². The second-order valence-corrected chi connectivity index (χ2v) is 5.18. The average Bonchev–Trinajstić information content (AvgIpc) is 2.29. The first-order valence-corrected chi connectivity index (χ1v) is 7.12. The van der Waals surface area contributed by atoms with E-state index in [1.165, 1.54) is 0 Å². The lowest BCUT2D eigenvalue weighted by molar-refractivity contribution is -0.145. The van der Waals surface area contributed by atoms with E-state index in [1.807, 2.05) is 0 Å². The Bertz CT molecular complexity index is 228. The van der Waals surface area contributed by atoms with Gasteiger partial charge in [-0.05, 0) is 25.7 Å². The van der Waals surface area contributed by atoms with Gasteiger partial charge in [0.2, 0.25) is 0 Å². The topological polar surface area (TPSA) is 55.6 Å². The van der Waals surface area contributed by atoms with Crippen LogP contribution in [-0.4, -0.2) is 42.6 Å². The third kappa shape index (κ3) is 6.36. The lowest BCUT2D eigenvalue weighted by atomic mass is 10.1. The molecule has 0 aliphatic heterocycles. The summed E-state index contributed by atoms with van der Waals surface area (Å²) in [5.41, 5.74) is 5.91. The van der Waals surface area contributed by atoms with Crippen molar-refractivity contribution >= 4 is 5.97 Å². The van der Waals surface area contributed by atoms with Crippen molar-refractivity contribution < 1.29 is 9.53 Å². The number of hydrogen-bond donors (Lipinski definition) is 1. The summed E-state index contributed by atoms with van der Waals surface area (Å²) in [5.74, 6) is 0.275. The highest BCUT2D eigenvalue weighted by Crippen LogP contribution is 2.12. The highest BCUT2D eigenvalue weighted by molar-refractivity contribution is 5.75. The van der Waals surface area contributed by atoms with Gasteiger partial charge in [-0.15, -0.1) is 0 Å². The molecule has 0 fully saturated rings. The van der Waals surface area contributed by atoms with Crippen LogP contribution in [0, 0.1) is 5.92 Å². The van der Waals surface area contributed by atoms with Crippen molar-refractivity contribution in [2.45, 2.75) is 59.5 Å². The zero-order chi connectivity index (χ0) is 14.1. The highest BCUT2D eigenvalue weighted by atomic mass is 16.5. The van der Waals surface area contributed by atoms with Gasteiger partial charge in [0.15, 0.2) is 0 Å². The zero-order valence-electron chi connectivity index (χ0n) is 12.6. The van der Waals surface area contributed by atoms with Gasteiger partial charge in [0.05, 0.1) is 6.61 Å². The van der Waals surface area contributed by atoms with Gasteiger partial charge in [-0.3, -0.25) is 9.69 Å². The second-order valence-electron chi connectivity index (χ2n) is 5.18. The van der Waals surface area contributed by atoms with Crippen LogP contribution in [0.4, 0.5) is 0 Å². The van der Waals surface area contributed by atoms with Gasteiger partial charge in [-0.2, -0.15) is 0 Å². The van der Waals surface area contributed by atoms with Gasteiger partial charge in [-0.1, -0.05) is 27.7 Å². The molecule has 0 aliphatic carbocycles. The minimum Gasteiger partial charge on any atom is -0.465 e. The van der Waals surface area contributed by atoms with Crippen LogP contribution in [0.5, 0.6) is 0 Å². The molecule has 0 bridgehead atoms. The fourth-order valence-corrected chi connectivity index (χ4v) is 2.22. The maximum absolute atomic E-state index is 11.6. The van der Waals surface area contributed by atoms with Crippen molar-refractivity contribution in [2.24, 2.45) is 11.7 Å². The molecule has 1 atom stereocenters. The van der Waals surface area contributed by atoms with Crippen molar-refractivity contribution in [2.75, 3.05) is 19.7 Å². The maximum Gasteiger partial charge on any atom is 0.324 e. The maximum atomic E-state index is 11.6. The predicted molar refractivity (Wildman–Crippen MR) is 75.4 cm³/mol. The van der Waals surface area contributed by atoms with Gasteiger partial charge >= 0.3 is 5.97 Å². The van der Waals surface area contributed by atoms with E-state index in [4.69, 9.17) is 10.5 Å². The summed E-state index contributed by atoms with van der Waals surface area (Å²) in [7, 11) is 0. The number of carbonyl (C=O) groups is 1. The number of nitrogens with two attached hydrogens (primary N) is 1. The van der Waals surface area contributed by atoms with Crippen molar-refractivity contribution in [3.63, 3.8) is 0 Å². The van der Waals surface area contributed by atoms with Crippen LogP contribution in [0.2, 0.25) is 0 Å². The molecule has 0 spiro atoms. The lowest BCUT2D eigenvalue weighted by Gasteiger charge is -2.33. The smallest absolute Gasteiger partial charge is 0.324 e. The number of rotatable bonds is 9. The third-order valence-corrected chi connectivity index (χ3v) is 3.08. The minimum atomic E-state index is -0.538. The fourth-order valence-electron chi connectivity index (χ4n) is 2.22. The molecular weight excluding hydrogens is 228 g/mol. The van der Waals surface area contributed by atoms with Crippen LogP contribution in [-0.2, 0) is 9.53 Å². The van der Waals surface area contributed by atoms with E-state index >= 15 is 0 Å². The van der Waals surface area contributed by atoms with Gasteiger partial charge in [0.1, 0.15) is 6.04 Å². The highest BCUT2D eigenvalue weighted by Gasteiger charge is 2.23. The summed E-state index contributed by atoms with van der Waals surface area (Å²) in [5, 5.41) is 0. The van der Waals surface area contributed by atoms with E-state index < -0.39 is 6.04 Å². The quantitative estimate of drug-likeness (QED) is 0.643. The molecule has 0 aromatic rings. The van der Waals surface area contributed by atoms with Gasteiger partial charge in [0, 0.05) is 19.1 Å². The molecule has 0 saturated heterocycles. The largest absolute Gasteiger partial charge is 0.465 e. The monoisotopic (exact) mass is 258 g/mol. The zero-order valence-corrected chi connectivity index (χ0v) is 12.6. The average molecular weight is 258 g/mol. The number of ether oxygens (including phenoxy) is 1. The van der Waals surface area contributed by atoms with Crippen molar-refractivity contribution in [1.29, 1.82) is 0 Å². The van der Waals surface area contributed by atoms with Crippen molar-refractivity contribution in [3.8, 4) is 0 Å². The van der Waals surface area contributed by atoms with Crippen LogP contribution in [0.15, 0.2) is 0 Å². The number of nitrogens with zero attached hydrogens (tertiary/aromatic N) is 1. The molecule has 108 valence electrons. The lowest BCUT2D eigenvalue weighted by Crippen LogP contribution is -2.48. The van der Waals surface area contributed by atoms with Crippen molar-refractivity contribution in [1.82, 2.24) is 4.90 Å². The Morgan fingerprint density at radius 2 is 1.72 bits per heavy atom. The van der Waals surface area contributed by atoms with Crippen LogP contribution in [0.1, 0.15) is 47.5 Å². The molecular formula is C14H30N2O2. The minimum absolute atomic E-state index is 0.294. The number of carbonyl (C=O) groups excluding carboxylic acids is 1. The molecule has 0 radical (unpaired) electrons. The molecule has 1 unspecified atom stereocenters. The van der Waals surface area contributed by atoms with Gasteiger partial charge < -0.3 is 10.5 Å². The molecule has 18 heavy (non-hydrogen) atoms. The first-order valence-electron chi connectivity index (χ1n) is 7.12. The Kier molecular flexibility index (Phi) is 9.02. The summed E-state index contributed by atoms with van der Waals surface area (Å²) in [6.07, 6.45) is 2.16. The summed E-state index contributed by atoms with van der Waals surface area (Å²) in [6, 6.07) is -0.0443. The van der Waals surface area contributed by atoms with Gasteiger partial charge in [0.25, 0.3) is 0 Å². The van der Waals surface area contributed by atoms with E-state index in [0.29, 0.717) is 25.1 Å². The number of esters is 1. The van der Waals surface area contributed by atoms with Crippen LogP contribution in [0.3, 0.4) is 0 Å². The molecule has 4 nitrogen and oxygen atoms in total. The molecule has 0 aromatic carbocycles. The molecule has 0 heterocycles. The molecule has 4 heteroatoms. The summed E-state index contributed by atoms with van der Waals surface area (Å²) in [6.45, 7) is 12.5. The number of hydrogen-bond acceptors (Lipinski definition) is 4. The van der Waals surface area contributed by atoms with Crippen LogP contribution in [0.25, 0.3) is 0 Å². The molecule has 0 rings (SSSR count). The van der Waals surface area contributed by atoms with E-state index in [9.17, 15) is 4.79 Å². The first-order chi connectivity index (χ1) is 8.46. The van der Waals surface area contributed by atoms with E-state index in [1.54, 1.807) is 6.92 Å². The van der Waals surface area contributed by atoms with E-state index in [0.717, 1.165) is 19.4 Å². The summed E-state index contributed by atoms with van der Waals surface area (Å²) < 4.78 is 4.97. The van der Waals surface area contributed by atoms with E-state index in [-0.39, 0.29) is 5.97 Å². The molecule has 0 amide bonds. The second kappa shape index (κ2) is 9.34. The Balaban J connectivity index is 4.51. The Morgan fingerprint density at radius 3 is 2.11 bits per heavy atom. The van der Waals surface area contributed by atoms with Gasteiger partial charge in [-0.25, -0.2) is 0 Å². The fraction of sp³-hybridized carbons (Fsp3) is 0.929. The Morgan fingerprint density at radius 1 is 1.17 bits per heavy atom. The third-order valence-electron chi connectivity index (χ3n) is 3.08. The first kappa shape index (κ1) is 17.4. The van der Waals surface area contributed by atoms with E-state index in [2.05, 4.69) is 32.6 Å². The molecule has 2 N–H and O–H groups in total. The standard InChI is InChI=1S/C14H30N2O2/c1-6-12(7-2)16(9-11(4)5)10-13(15)14(17)18-8-3/h11-13H,6-10,15H2,1-5H3. The van der Waals surface area contributed by atoms with Crippen LogP contribution >= 0.6 is 0 Å². The summed E-state index contributed by atoms with van der Waals surface area (Å²) in [4.78, 5) is 13.9.